The summed E-state index contributed by atoms with van der Waals surface area (Å²) in [5, 5.41) is 6.80. The molecule has 6 nitrogen and oxygen atoms in total. The minimum absolute atomic E-state index is 0.0893. The highest BCUT2D eigenvalue weighted by atomic mass is 16.5. The Morgan fingerprint density at radius 1 is 0.931 bits per heavy atom. The van der Waals surface area contributed by atoms with Gasteiger partial charge in [-0.05, 0) is 40.1 Å². The van der Waals surface area contributed by atoms with Crippen molar-refractivity contribution in [2.75, 3.05) is 37.8 Å². The summed E-state index contributed by atoms with van der Waals surface area (Å²) in [5.41, 5.74) is 1.84. The summed E-state index contributed by atoms with van der Waals surface area (Å²) in [5.74, 6) is 2.96. The van der Waals surface area contributed by atoms with Crippen LogP contribution in [0.4, 0.5) is 17.3 Å². The number of nitrogens with one attached hydrogen (secondary N) is 2. The molecule has 0 saturated heterocycles. The molecule has 1 heterocycles. The molecule has 0 saturated carbocycles. The van der Waals surface area contributed by atoms with E-state index in [0.29, 0.717) is 11.6 Å². The van der Waals surface area contributed by atoms with Gasteiger partial charge in [-0.3, -0.25) is 0 Å². The molecule has 0 unspecified atom stereocenters. The van der Waals surface area contributed by atoms with Crippen molar-refractivity contribution in [2.24, 2.45) is 0 Å². The number of hydrogen-bond donors (Lipinski definition) is 2. The topological polar surface area (TPSA) is 62.3 Å². The highest BCUT2D eigenvalue weighted by Gasteiger charge is 2.10. The minimum Gasteiger partial charge on any atom is -0.489 e. The second-order valence-electron chi connectivity index (χ2n) is 7.35. The number of anilines is 3. The van der Waals surface area contributed by atoms with Gasteiger partial charge in [0.15, 0.2) is 5.82 Å². The second kappa shape index (κ2) is 9.89. The van der Waals surface area contributed by atoms with E-state index >= 15 is 0 Å². The van der Waals surface area contributed by atoms with Gasteiger partial charge in [-0.25, -0.2) is 9.97 Å². The molecule has 0 amide bonds. The zero-order chi connectivity index (χ0) is 20.6. The summed E-state index contributed by atoms with van der Waals surface area (Å²) in [7, 11) is 4.10. The number of rotatable bonds is 9. The lowest BCUT2D eigenvalue weighted by Gasteiger charge is -2.16. The van der Waals surface area contributed by atoms with Crippen molar-refractivity contribution in [1.29, 1.82) is 0 Å². The number of aromatic nitrogens is 2. The summed E-state index contributed by atoms with van der Waals surface area (Å²) in [4.78, 5) is 11.6. The van der Waals surface area contributed by atoms with Crippen molar-refractivity contribution in [2.45, 2.75) is 20.0 Å². The summed E-state index contributed by atoms with van der Waals surface area (Å²) < 4.78 is 5.93. The van der Waals surface area contributed by atoms with Crippen LogP contribution in [0.5, 0.6) is 5.75 Å². The highest BCUT2D eigenvalue weighted by Crippen LogP contribution is 2.29. The van der Waals surface area contributed by atoms with Crippen LogP contribution < -0.4 is 15.4 Å². The molecule has 1 aromatic heterocycles. The fourth-order valence-corrected chi connectivity index (χ4v) is 2.79. The van der Waals surface area contributed by atoms with Gasteiger partial charge in [0, 0.05) is 24.7 Å². The first kappa shape index (κ1) is 20.6. The van der Waals surface area contributed by atoms with Gasteiger partial charge in [-0.2, -0.15) is 0 Å². The standard InChI is InChI=1S/C23H29N5O/c1-17(2)29-20-13-9-8-12-19(20)25-22-16-21(24-14-15-28(3)4)26-23(27-22)18-10-6-5-7-11-18/h5-13,16-17H,14-15H2,1-4H3,(H2,24,25,26,27). The lowest BCUT2D eigenvalue weighted by molar-refractivity contribution is 0.244. The number of benzene rings is 2. The van der Waals surface area contributed by atoms with Gasteiger partial charge in [0.2, 0.25) is 0 Å². The lowest BCUT2D eigenvalue weighted by Crippen LogP contribution is -2.21. The molecule has 6 heteroatoms. The fraction of sp³-hybridized carbons (Fsp3) is 0.304. The van der Waals surface area contributed by atoms with E-state index in [9.17, 15) is 0 Å². The molecule has 0 bridgehead atoms. The molecule has 3 aromatic rings. The minimum atomic E-state index is 0.0893. The van der Waals surface area contributed by atoms with Crippen LogP contribution in [0.2, 0.25) is 0 Å². The predicted octanol–water partition coefficient (Wildman–Crippen LogP) is 4.65. The summed E-state index contributed by atoms with van der Waals surface area (Å²) in [6.45, 7) is 5.74. The molecule has 152 valence electrons. The van der Waals surface area contributed by atoms with Crippen molar-refractivity contribution in [3.63, 3.8) is 0 Å². The number of ether oxygens (including phenoxy) is 1. The molecule has 0 aliphatic heterocycles. The van der Waals surface area contributed by atoms with Gasteiger partial charge in [0.05, 0.1) is 11.8 Å². The normalized spacial score (nSPS) is 11.0. The van der Waals surface area contributed by atoms with E-state index in [2.05, 4.69) is 29.6 Å². The average molecular weight is 392 g/mol. The first-order valence-corrected chi connectivity index (χ1v) is 9.87. The van der Waals surface area contributed by atoms with Crippen LogP contribution in [0, 0.1) is 0 Å². The first-order valence-electron chi connectivity index (χ1n) is 9.87. The quantitative estimate of drug-likeness (QED) is 0.554. The maximum atomic E-state index is 5.93. The number of hydrogen-bond acceptors (Lipinski definition) is 6. The van der Waals surface area contributed by atoms with Gasteiger partial charge < -0.3 is 20.3 Å². The van der Waals surface area contributed by atoms with Crippen LogP contribution >= 0.6 is 0 Å². The average Bonchev–Trinajstić information content (AvgIpc) is 2.69. The van der Waals surface area contributed by atoms with Crippen LogP contribution in [0.25, 0.3) is 11.4 Å². The van der Waals surface area contributed by atoms with Gasteiger partial charge in [0.25, 0.3) is 0 Å². The Kier molecular flexibility index (Phi) is 7.03. The zero-order valence-corrected chi connectivity index (χ0v) is 17.5. The van der Waals surface area contributed by atoms with E-state index in [0.717, 1.165) is 35.9 Å². The van der Waals surface area contributed by atoms with Crippen LogP contribution in [0.15, 0.2) is 60.7 Å². The molecule has 2 N–H and O–H groups in total. The Morgan fingerprint density at radius 2 is 1.62 bits per heavy atom. The SMILES string of the molecule is CC(C)Oc1ccccc1Nc1cc(NCCN(C)C)nc(-c2ccccc2)n1. The summed E-state index contributed by atoms with van der Waals surface area (Å²) >= 11 is 0. The largest absolute Gasteiger partial charge is 0.489 e. The smallest absolute Gasteiger partial charge is 0.163 e. The van der Waals surface area contributed by atoms with Crippen LogP contribution in [-0.4, -0.2) is 48.2 Å². The Hall–Kier alpha value is -3.12. The third-order valence-corrected chi connectivity index (χ3v) is 4.14. The maximum Gasteiger partial charge on any atom is 0.163 e. The monoisotopic (exact) mass is 391 g/mol. The van der Waals surface area contributed by atoms with E-state index in [4.69, 9.17) is 14.7 Å². The molecule has 0 radical (unpaired) electrons. The molecular formula is C23H29N5O. The number of nitrogens with zero attached hydrogens (tertiary/aromatic N) is 3. The Balaban J connectivity index is 1.91. The second-order valence-corrected chi connectivity index (χ2v) is 7.35. The van der Waals surface area contributed by atoms with Gasteiger partial charge >= 0.3 is 0 Å². The van der Waals surface area contributed by atoms with Crippen molar-refractivity contribution in [3.05, 3.63) is 60.7 Å². The highest BCUT2D eigenvalue weighted by molar-refractivity contribution is 5.68. The van der Waals surface area contributed by atoms with Crippen LogP contribution in [0.3, 0.4) is 0 Å². The van der Waals surface area contributed by atoms with Crippen molar-refractivity contribution in [1.82, 2.24) is 14.9 Å². The van der Waals surface area contributed by atoms with E-state index in [-0.39, 0.29) is 6.10 Å². The lowest BCUT2D eigenvalue weighted by atomic mass is 10.2. The van der Waals surface area contributed by atoms with E-state index < -0.39 is 0 Å². The van der Waals surface area contributed by atoms with Crippen molar-refractivity contribution < 1.29 is 4.74 Å². The predicted molar refractivity (Wildman–Crippen MR) is 120 cm³/mol. The fourth-order valence-electron chi connectivity index (χ4n) is 2.79. The first-order chi connectivity index (χ1) is 14.0. The van der Waals surface area contributed by atoms with Crippen LogP contribution in [0.1, 0.15) is 13.8 Å². The molecule has 3 rings (SSSR count). The molecule has 0 aliphatic rings. The maximum absolute atomic E-state index is 5.93. The van der Waals surface area contributed by atoms with Crippen LogP contribution in [-0.2, 0) is 0 Å². The third kappa shape index (κ3) is 6.19. The number of likely N-dealkylation sites (N-methyl/N-ethyl adjacent to an activating group) is 1. The Bertz CT molecular complexity index is 912. The molecule has 0 atom stereocenters. The molecule has 0 aliphatic carbocycles. The summed E-state index contributed by atoms with van der Waals surface area (Å²) in [6, 6.07) is 19.8. The molecular weight excluding hydrogens is 362 g/mol. The van der Waals surface area contributed by atoms with Gasteiger partial charge in [0.1, 0.15) is 17.4 Å². The molecule has 2 aromatic carbocycles. The molecule has 0 spiro atoms. The van der Waals surface area contributed by atoms with E-state index in [1.54, 1.807) is 0 Å². The number of para-hydroxylation sites is 2. The Labute approximate surface area is 173 Å². The van der Waals surface area contributed by atoms with Crippen molar-refractivity contribution in [3.8, 4) is 17.1 Å². The van der Waals surface area contributed by atoms with Crippen molar-refractivity contribution >= 4 is 17.3 Å². The van der Waals surface area contributed by atoms with Gasteiger partial charge in [-0.15, -0.1) is 0 Å². The summed E-state index contributed by atoms with van der Waals surface area (Å²) in [6.07, 6.45) is 0.0893. The van der Waals surface area contributed by atoms with E-state index in [1.165, 1.54) is 0 Å². The Morgan fingerprint density at radius 3 is 2.34 bits per heavy atom. The zero-order valence-electron chi connectivity index (χ0n) is 17.5. The third-order valence-electron chi connectivity index (χ3n) is 4.14. The molecule has 29 heavy (non-hydrogen) atoms. The molecule has 0 fully saturated rings. The van der Waals surface area contributed by atoms with Gasteiger partial charge in [-0.1, -0.05) is 42.5 Å². The van der Waals surface area contributed by atoms with E-state index in [1.807, 2.05) is 74.5 Å².